The number of nitrogens with zero attached hydrogens (tertiary/aromatic N) is 1. The molecular formula is C25H53N. The molecule has 0 aromatic rings. The second-order valence-electron chi connectivity index (χ2n) is 8.97. The van der Waals surface area contributed by atoms with Crippen molar-refractivity contribution in [3.63, 3.8) is 0 Å². The van der Waals surface area contributed by atoms with Gasteiger partial charge in [-0.05, 0) is 44.8 Å². The topological polar surface area (TPSA) is 3.24 Å². The van der Waals surface area contributed by atoms with E-state index in [1.807, 2.05) is 0 Å². The van der Waals surface area contributed by atoms with E-state index in [1.54, 1.807) is 0 Å². The van der Waals surface area contributed by atoms with Crippen molar-refractivity contribution in [2.24, 2.45) is 5.92 Å². The Balaban J connectivity index is 3.73. The van der Waals surface area contributed by atoms with E-state index in [1.165, 1.54) is 129 Å². The maximum atomic E-state index is 2.79. The molecule has 158 valence electrons. The lowest BCUT2D eigenvalue weighted by atomic mass is 10.0. The SMILES string of the molecule is CCCCCCCN(CCCCCCC)CCCCCCCCC(C)C. The quantitative estimate of drug-likeness (QED) is 0.183. The van der Waals surface area contributed by atoms with Crippen LogP contribution in [0.3, 0.4) is 0 Å². The summed E-state index contributed by atoms with van der Waals surface area (Å²) in [6.07, 6.45) is 24.3. The summed E-state index contributed by atoms with van der Waals surface area (Å²) in [6.45, 7) is 13.4. The maximum Gasteiger partial charge on any atom is -0.00187 e. The third-order valence-corrected chi connectivity index (χ3v) is 5.66. The Hall–Kier alpha value is -0.0400. The molecule has 0 aliphatic heterocycles. The van der Waals surface area contributed by atoms with Gasteiger partial charge in [-0.2, -0.15) is 0 Å². The predicted molar refractivity (Wildman–Crippen MR) is 121 cm³/mol. The molecule has 0 heterocycles. The van der Waals surface area contributed by atoms with Gasteiger partial charge in [0.2, 0.25) is 0 Å². The minimum absolute atomic E-state index is 0.887. The van der Waals surface area contributed by atoms with Crippen molar-refractivity contribution < 1.29 is 0 Å². The highest BCUT2D eigenvalue weighted by atomic mass is 15.1. The molecule has 0 atom stereocenters. The Morgan fingerprint density at radius 1 is 0.462 bits per heavy atom. The molecule has 0 aromatic carbocycles. The summed E-state index contributed by atoms with van der Waals surface area (Å²) in [5, 5.41) is 0. The summed E-state index contributed by atoms with van der Waals surface area (Å²) in [5.41, 5.74) is 0. The van der Waals surface area contributed by atoms with Crippen molar-refractivity contribution in [2.45, 2.75) is 137 Å². The van der Waals surface area contributed by atoms with Crippen molar-refractivity contribution in [1.29, 1.82) is 0 Å². The molecule has 0 radical (unpaired) electrons. The van der Waals surface area contributed by atoms with Crippen LogP contribution < -0.4 is 0 Å². The van der Waals surface area contributed by atoms with Crippen LogP contribution >= 0.6 is 0 Å². The first-order chi connectivity index (χ1) is 12.7. The Morgan fingerprint density at radius 2 is 0.808 bits per heavy atom. The molecule has 0 amide bonds. The molecule has 0 fully saturated rings. The van der Waals surface area contributed by atoms with Crippen molar-refractivity contribution in [2.75, 3.05) is 19.6 Å². The summed E-state index contributed by atoms with van der Waals surface area (Å²) in [5.74, 6) is 0.887. The van der Waals surface area contributed by atoms with Crippen LogP contribution in [-0.4, -0.2) is 24.5 Å². The maximum absolute atomic E-state index is 2.79. The van der Waals surface area contributed by atoms with E-state index >= 15 is 0 Å². The molecule has 0 rings (SSSR count). The van der Waals surface area contributed by atoms with E-state index in [0.29, 0.717) is 0 Å². The molecule has 0 aliphatic carbocycles. The van der Waals surface area contributed by atoms with E-state index in [-0.39, 0.29) is 0 Å². The third-order valence-electron chi connectivity index (χ3n) is 5.66. The molecule has 0 saturated heterocycles. The van der Waals surface area contributed by atoms with Crippen LogP contribution in [0.4, 0.5) is 0 Å². The first-order valence-corrected chi connectivity index (χ1v) is 12.4. The van der Waals surface area contributed by atoms with Crippen LogP contribution in [0.15, 0.2) is 0 Å². The molecule has 1 nitrogen and oxygen atoms in total. The lowest BCUT2D eigenvalue weighted by Gasteiger charge is -2.22. The van der Waals surface area contributed by atoms with Crippen LogP contribution in [0.1, 0.15) is 137 Å². The average molecular weight is 368 g/mol. The van der Waals surface area contributed by atoms with E-state index < -0.39 is 0 Å². The molecule has 26 heavy (non-hydrogen) atoms. The largest absolute Gasteiger partial charge is 0.303 e. The molecule has 0 unspecified atom stereocenters. The zero-order valence-electron chi connectivity index (χ0n) is 19.2. The van der Waals surface area contributed by atoms with Crippen LogP contribution in [-0.2, 0) is 0 Å². The first kappa shape index (κ1) is 26.0. The fourth-order valence-corrected chi connectivity index (χ4v) is 3.81. The van der Waals surface area contributed by atoms with Gasteiger partial charge in [0.1, 0.15) is 0 Å². The number of unbranched alkanes of at least 4 members (excludes halogenated alkanes) is 13. The smallest absolute Gasteiger partial charge is 0.00187 e. The molecule has 0 N–H and O–H groups in total. The third kappa shape index (κ3) is 20.3. The van der Waals surface area contributed by atoms with Gasteiger partial charge < -0.3 is 4.90 Å². The number of hydrogen-bond acceptors (Lipinski definition) is 1. The highest BCUT2D eigenvalue weighted by Crippen LogP contribution is 2.13. The van der Waals surface area contributed by atoms with E-state index in [0.717, 1.165) is 5.92 Å². The Labute approximate surface area is 167 Å². The number of rotatable bonds is 21. The number of hydrogen-bond donors (Lipinski definition) is 0. The van der Waals surface area contributed by atoms with Gasteiger partial charge >= 0.3 is 0 Å². The summed E-state index contributed by atoms with van der Waals surface area (Å²) < 4.78 is 0. The molecule has 0 bridgehead atoms. The van der Waals surface area contributed by atoms with Crippen LogP contribution in [0, 0.1) is 5.92 Å². The second-order valence-corrected chi connectivity index (χ2v) is 8.97. The zero-order chi connectivity index (χ0) is 19.3. The van der Waals surface area contributed by atoms with Gasteiger partial charge in [0, 0.05) is 0 Å². The van der Waals surface area contributed by atoms with Gasteiger partial charge in [0.25, 0.3) is 0 Å². The lowest BCUT2D eigenvalue weighted by Crippen LogP contribution is -2.27. The highest BCUT2D eigenvalue weighted by Gasteiger charge is 2.05. The summed E-state index contributed by atoms with van der Waals surface area (Å²) in [4.78, 5) is 2.79. The van der Waals surface area contributed by atoms with Gasteiger partial charge in [-0.25, -0.2) is 0 Å². The van der Waals surface area contributed by atoms with Gasteiger partial charge in [0.15, 0.2) is 0 Å². The van der Waals surface area contributed by atoms with Crippen LogP contribution in [0.25, 0.3) is 0 Å². The summed E-state index contributed by atoms with van der Waals surface area (Å²) in [6, 6.07) is 0. The molecule has 1 heteroatoms. The van der Waals surface area contributed by atoms with Gasteiger partial charge in [-0.1, -0.05) is 118 Å². The van der Waals surface area contributed by atoms with E-state index in [2.05, 4.69) is 32.6 Å². The van der Waals surface area contributed by atoms with Gasteiger partial charge in [-0.3, -0.25) is 0 Å². The first-order valence-electron chi connectivity index (χ1n) is 12.4. The van der Waals surface area contributed by atoms with E-state index in [9.17, 15) is 0 Å². The molecule has 0 aliphatic rings. The Kier molecular flexibility index (Phi) is 21.2. The Morgan fingerprint density at radius 3 is 1.19 bits per heavy atom. The van der Waals surface area contributed by atoms with Gasteiger partial charge in [0.05, 0.1) is 0 Å². The van der Waals surface area contributed by atoms with Crippen molar-refractivity contribution in [3.8, 4) is 0 Å². The normalized spacial score (nSPS) is 11.8. The highest BCUT2D eigenvalue weighted by molar-refractivity contribution is 4.60. The zero-order valence-corrected chi connectivity index (χ0v) is 19.2. The fourth-order valence-electron chi connectivity index (χ4n) is 3.81. The molecule has 0 aromatic heterocycles. The van der Waals surface area contributed by atoms with Crippen molar-refractivity contribution in [3.05, 3.63) is 0 Å². The van der Waals surface area contributed by atoms with Crippen molar-refractivity contribution in [1.82, 2.24) is 4.90 Å². The summed E-state index contributed by atoms with van der Waals surface area (Å²) in [7, 11) is 0. The average Bonchev–Trinajstić information content (AvgIpc) is 2.62. The Bertz CT molecular complexity index is 235. The predicted octanol–water partition coefficient (Wildman–Crippen LogP) is 8.62. The van der Waals surface area contributed by atoms with E-state index in [4.69, 9.17) is 0 Å². The molecule has 0 spiro atoms. The van der Waals surface area contributed by atoms with Crippen molar-refractivity contribution >= 4 is 0 Å². The minimum Gasteiger partial charge on any atom is -0.303 e. The van der Waals surface area contributed by atoms with Crippen LogP contribution in [0.2, 0.25) is 0 Å². The lowest BCUT2D eigenvalue weighted by molar-refractivity contribution is 0.254. The molecular weight excluding hydrogens is 314 g/mol. The minimum atomic E-state index is 0.887. The van der Waals surface area contributed by atoms with Gasteiger partial charge in [-0.15, -0.1) is 0 Å². The monoisotopic (exact) mass is 367 g/mol. The standard InChI is InChI=1S/C25H53N/c1-5-7-9-14-18-22-26(23-19-15-10-8-6-2)24-20-16-12-11-13-17-21-25(3)4/h25H,5-24H2,1-4H3. The summed E-state index contributed by atoms with van der Waals surface area (Å²) >= 11 is 0. The second kappa shape index (κ2) is 21.3. The fraction of sp³-hybridized carbons (Fsp3) is 1.00. The van der Waals surface area contributed by atoms with Crippen LogP contribution in [0.5, 0.6) is 0 Å². The molecule has 0 saturated carbocycles.